The van der Waals surface area contributed by atoms with Gasteiger partial charge in [-0.1, -0.05) is 18.2 Å². The van der Waals surface area contributed by atoms with Gasteiger partial charge in [-0.25, -0.2) is 0 Å². The normalized spacial score (nSPS) is 18.3. The van der Waals surface area contributed by atoms with E-state index in [1.807, 2.05) is 48.7 Å². The maximum Gasteiger partial charge on any atom is 0.261 e. The molecule has 1 saturated heterocycles. The summed E-state index contributed by atoms with van der Waals surface area (Å²) in [5.41, 5.74) is 3.08. The highest BCUT2D eigenvalue weighted by molar-refractivity contribution is 7.12. The monoisotopic (exact) mass is 406 g/mol. The summed E-state index contributed by atoms with van der Waals surface area (Å²) in [6, 6.07) is 15.8. The number of pyridine rings is 2. The fourth-order valence-corrected chi connectivity index (χ4v) is 4.66. The second-order valence-corrected chi connectivity index (χ2v) is 8.54. The lowest BCUT2D eigenvalue weighted by atomic mass is 9.88. The molecule has 0 spiro atoms. The molecule has 5 nitrogen and oxygen atoms in total. The Balaban J connectivity index is 1.51. The molecular weight excluding hydrogens is 380 g/mol. The SMILES string of the molecule is Cc1cccc(CN2CCC[C@@H]([C@@H](NC(=O)c3cccs3)c3ccccn3)C2)n1. The molecule has 0 aromatic carbocycles. The van der Waals surface area contributed by atoms with Crippen LogP contribution >= 0.6 is 11.3 Å². The van der Waals surface area contributed by atoms with Crippen molar-refractivity contribution in [3.05, 3.63) is 82.1 Å². The summed E-state index contributed by atoms with van der Waals surface area (Å²) in [5, 5.41) is 5.20. The number of rotatable bonds is 6. The molecule has 150 valence electrons. The van der Waals surface area contributed by atoms with Crippen LogP contribution in [0.1, 0.15) is 45.6 Å². The fraction of sp³-hybridized carbons (Fsp3) is 0.348. The maximum atomic E-state index is 12.8. The highest BCUT2D eigenvalue weighted by Gasteiger charge is 2.31. The number of hydrogen-bond acceptors (Lipinski definition) is 5. The predicted molar refractivity (Wildman–Crippen MR) is 116 cm³/mol. The number of hydrogen-bond donors (Lipinski definition) is 1. The van der Waals surface area contributed by atoms with Gasteiger partial charge in [-0.05, 0) is 67.9 Å². The highest BCUT2D eigenvalue weighted by Crippen LogP contribution is 2.30. The second kappa shape index (κ2) is 9.29. The summed E-state index contributed by atoms with van der Waals surface area (Å²) >= 11 is 1.47. The number of amides is 1. The van der Waals surface area contributed by atoms with Gasteiger partial charge in [0.25, 0.3) is 5.91 Å². The third-order valence-corrected chi connectivity index (χ3v) is 6.25. The van der Waals surface area contributed by atoms with E-state index in [0.717, 1.165) is 54.4 Å². The molecule has 1 aliphatic rings. The molecular formula is C23H26N4OS. The number of likely N-dealkylation sites (tertiary alicyclic amines) is 1. The molecule has 1 amide bonds. The van der Waals surface area contributed by atoms with E-state index in [4.69, 9.17) is 0 Å². The summed E-state index contributed by atoms with van der Waals surface area (Å²) in [4.78, 5) is 25.2. The van der Waals surface area contributed by atoms with Crippen molar-refractivity contribution in [2.45, 2.75) is 32.4 Å². The zero-order valence-corrected chi connectivity index (χ0v) is 17.4. The summed E-state index contributed by atoms with van der Waals surface area (Å²) in [6.07, 6.45) is 3.98. The number of piperidine rings is 1. The molecule has 0 radical (unpaired) electrons. The van der Waals surface area contributed by atoms with Gasteiger partial charge in [0.15, 0.2) is 0 Å². The number of carbonyl (C=O) groups excluding carboxylic acids is 1. The first kappa shape index (κ1) is 19.7. The first-order chi connectivity index (χ1) is 14.2. The van der Waals surface area contributed by atoms with Gasteiger partial charge >= 0.3 is 0 Å². The van der Waals surface area contributed by atoms with Crippen LogP contribution in [0.25, 0.3) is 0 Å². The van der Waals surface area contributed by atoms with Crippen molar-refractivity contribution in [1.82, 2.24) is 20.2 Å². The Morgan fingerprint density at radius 3 is 2.93 bits per heavy atom. The van der Waals surface area contributed by atoms with Gasteiger partial charge < -0.3 is 5.32 Å². The summed E-state index contributed by atoms with van der Waals surface area (Å²) in [7, 11) is 0. The number of nitrogens with zero attached hydrogens (tertiary/aromatic N) is 3. The summed E-state index contributed by atoms with van der Waals surface area (Å²) in [5.74, 6) is 0.292. The van der Waals surface area contributed by atoms with Gasteiger partial charge in [-0.15, -0.1) is 11.3 Å². The molecule has 2 atom stereocenters. The van der Waals surface area contributed by atoms with Crippen LogP contribution in [0.4, 0.5) is 0 Å². The van der Waals surface area contributed by atoms with Crippen LogP contribution in [-0.4, -0.2) is 33.9 Å². The van der Waals surface area contributed by atoms with Crippen LogP contribution in [0, 0.1) is 12.8 Å². The van der Waals surface area contributed by atoms with Gasteiger partial charge in [0, 0.05) is 25.0 Å². The van der Waals surface area contributed by atoms with Gasteiger partial charge in [-0.3, -0.25) is 19.7 Å². The van der Waals surface area contributed by atoms with E-state index in [1.165, 1.54) is 11.3 Å². The molecule has 0 aliphatic carbocycles. The van der Waals surface area contributed by atoms with Crippen molar-refractivity contribution < 1.29 is 4.79 Å². The van der Waals surface area contributed by atoms with E-state index in [-0.39, 0.29) is 11.9 Å². The summed E-state index contributed by atoms with van der Waals surface area (Å²) < 4.78 is 0. The first-order valence-electron chi connectivity index (χ1n) is 10.1. The Morgan fingerprint density at radius 2 is 2.17 bits per heavy atom. The smallest absolute Gasteiger partial charge is 0.261 e. The minimum Gasteiger partial charge on any atom is -0.343 e. The number of thiophene rings is 1. The molecule has 3 aromatic rings. The predicted octanol–water partition coefficient (Wildman–Crippen LogP) is 4.23. The third kappa shape index (κ3) is 5.08. The van der Waals surface area contributed by atoms with Crippen LogP contribution in [0.3, 0.4) is 0 Å². The molecule has 4 rings (SSSR count). The van der Waals surface area contributed by atoms with E-state index >= 15 is 0 Å². The van der Waals surface area contributed by atoms with Crippen LogP contribution in [0.15, 0.2) is 60.1 Å². The molecule has 1 N–H and O–H groups in total. The van der Waals surface area contributed by atoms with Crippen LogP contribution in [0.5, 0.6) is 0 Å². The average Bonchev–Trinajstić information content (AvgIpc) is 3.28. The van der Waals surface area contributed by atoms with Gasteiger partial charge in [0.05, 0.1) is 22.3 Å². The molecule has 0 bridgehead atoms. The number of aryl methyl sites for hydroxylation is 1. The van der Waals surface area contributed by atoms with E-state index in [9.17, 15) is 4.79 Å². The van der Waals surface area contributed by atoms with Crippen LogP contribution in [-0.2, 0) is 6.54 Å². The lowest BCUT2D eigenvalue weighted by Gasteiger charge is -2.37. The number of aromatic nitrogens is 2. The van der Waals surface area contributed by atoms with Crippen molar-refractivity contribution in [3.8, 4) is 0 Å². The van der Waals surface area contributed by atoms with E-state index in [0.29, 0.717) is 5.92 Å². The van der Waals surface area contributed by atoms with Gasteiger partial charge in [0.1, 0.15) is 0 Å². The second-order valence-electron chi connectivity index (χ2n) is 7.59. The Bertz CT molecular complexity index is 929. The quantitative estimate of drug-likeness (QED) is 0.666. The zero-order chi connectivity index (χ0) is 20.1. The fourth-order valence-electron chi connectivity index (χ4n) is 4.04. The molecule has 29 heavy (non-hydrogen) atoms. The van der Waals surface area contributed by atoms with Crippen molar-refractivity contribution in [3.63, 3.8) is 0 Å². The lowest BCUT2D eigenvalue weighted by molar-refractivity contribution is 0.0878. The van der Waals surface area contributed by atoms with Crippen LogP contribution in [0.2, 0.25) is 0 Å². The molecule has 1 fully saturated rings. The molecule has 3 aromatic heterocycles. The Hall–Kier alpha value is -2.57. The van der Waals surface area contributed by atoms with E-state index in [2.05, 4.69) is 32.3 Å². The van der Waals surface area contributed by atoms with Crippen LogP contribution < -0.4 is 5.32 Å². The van der Waals surface area contributed by atoms with Crippen molar-refractivity contribution >= 4 is 17.2 Å². The van der Waals surface area contributed by atoms with Crippen molar-refractivity contribution in [2.75, 3.05) is 13.1 Å². The van der Waals surface area contributed by atoms with Gasteiger partial charge in [-0.2, -0.15) is 0 Å². The van der Waals surface area contributed by atoms with Crippen molar-refractivity contribution in [1.29, 1.82) is 0 Å². The highest BCUT2D eigenvalue weighted by atomic mass is 32.1. The molecule has 4 heterocycles. The van der Waals surface area contributed by atoms with E-state index in [1.54, 1.807) is 6.20 Å². The summed E-state index contributed by atoms with van der Waals surface area (Å²) in [6.45, 7) is 4.84. The molecule has 0 unspecified atom stereocenters. The third-order valence-electron chi connectivity index (χ3n) is 5.38. The van der Waals surface area contributed by atoms with Crippen molar-refractivity contribution in [2.24, 2.45) is 5.92 Å². The minimum atomic E-state index is -0.0981. The Kier molecular flexibility index (Phi) is 6.32. The zero-order valence-electron chi connectivity index (χ0n) is 16.6. The largest absolute Gasteiger partial charge is 0.343 e. The minimum absolute atomic E-state index is 0.0203. The first-order valence-corrected chi connectivity index (χ1v) is 11.0. The lowest BCUT2D eigenvalue weighted by Crippen LogP contribution is -2.43. The Labute approximate surface area is 175 Å². The Morgan fingerprint density at radius 1 is 1.24 bits per heavy atom. The average molecular weight is 407 g/mol. The molecule has 1 aliphatic heterocycles. The molecule has 6 heteroatoms. The van der Waals surface area contributed by atoms with Gasteiger partial charge in [0.2, 0.25) is 0 Å². The standard InChI is InChI=1S/C23H26N4OS/c1-17-7-4-9-19(25-17)16-27-13-5-8-18(15-27)22(20-10-2-3-12-24-20)26-23(28)21-11-6-14-29-21/h2-4,6-7,9-12,14,18,22H,5,8,13,15-16H2,1H3,(H,26,28)/t18-,22-/m1/s1. The number of nitrogens with one attached hydrogen (secondary N) is 1. The topological polar surface area (TPSA) is 58.1 Å². The number of carbonyl (C=O) groups is 1. The van der Waals surface area contributed by atoms with E-state index < -0.39 is 0 Å². The maximum absolute atomic E-state index is 12.8. The molecule has 0 saturated carbocycles.